The molecule has 0 fully saturated rings. The van der Waals surface area contributed by atoms with E-state index in [1.807, 2.05) is 44.2 Å². The molecule has 0 aliphatic heterocycles. The maximum Gasteiger partial charge on any atom is 0.333 e. The van der Waals surface area contributed by atoms with Crippen LogP contribution in [0.5, 0.6) is 0 Å². The quantitative estimate of drug-likeness (QED) is 0.366. The Hall–Kier alpha value is -1.30. The van der Waals surface area contributed by atoms with E-state index >= 15 is 0 Å². The smallest absolute Gasteiger partial charge is 0.333 e. The van der Waals surface area contributed by atoms with E-state index < -0.39 is 10.6 Å². The minimum atomic E-state index is -1.81. The van der Waals surface area contributed by atoms with Crippen LogP contribution in [0.25, 0.3) is 0 Å². The standard InChI is InChI=1S/C17H26O4S/c1-5-20-22(21-6-2,16-11-8-7-9-12-16)14-10-13-19-17(18)15(3)4/h7-9,11-12H,3,5-6,10,13-14H2,1-2,4H3. The van der Waals surface area contributed by atoms with Gasteiger partial charge < -0.3 is 4.74 Å². The van der Waals surface area contributed by atoms with Gasteiger partial charge in [0.1, 0.15) is 0 Å². The van der Waals surface area contributed by atoms with Crippen molar-refractivity contribution in [3.8, 4) is 0 Å². The van der Waals surface area contributed by atoms with Crippen molar-refractivity contribution >= 4 is 16.6 Å². The Morgan fingerprint density at radius 2 is 1.73 bits per heavy atom. The summed E-state index contributed by atoms with van der Waals surface area (Å²) in [5.41, 5.74) is 0.413. The van der Waals surface area contributed by atoms with Crippen LogP contribution in [0, 0.1) is 0 Å². The Labute approximate surface area is 135 Å². The highest BCUT2D eigenvalue weighted by molar-refractivity contribution is 8.25. The fraction of sp³-hybridized carbons (Fsp3) is 0.471. The molecule has 0 spiro atoms. The van der Waals surface area contributed by atoms with Gasteiger partial charge in [-0.3, -0.25) is 8.37 Å². The Balaban J connectivity index is 2.74. The highest BCUT2D eigenvalue weighted by atomic mass is 32.3. The van der Waals surface area contributed by atoms with Crippen LogP contribution in [0.1, 0.15) is 27.2 Å². The predicted molar refractivity (Wildman–Crippen MR) is 90.8 cm³/mol. The molecule has 0 atom stereocenters. The molecule has 0 bridgehead atoms. The second kappa shape index (κ2) is 9.66. The van der Waals surface area contributed by atoms with E-state index in [9.17, 15) is 4.79 Å². The number of ether oxygens (including phenoxy) is 1. The minimum Gasteiger partial charge on any atom is -0.462 e. The summed E-state index contributed by atoms with van der Waals surface area (Å²) >= 11 is 0. The number of benzene rings is 1. The topological polar surface area (TPSA) is 44.8 Å². The highest BCUT2D eigenvalue weighted by Gasteiger charge is 2.23. The Bertz CT molecular complexity index is 467. The summed E-state index contributed by atoms with van der Waals surface area (Å²) in [4.78, 5) is 12.5. The van der Waals surface area contributed by atoms with Crippen molar-refractivity contribution in [2.24, 2.45) is 0 Å². The molecule has 0 heterocycles. The van der Waals surface area contributed by atoms with E-state index in [0.29, 0.717) is 37.6 Å². The lowest BCUT2D eigenvalue weighted by molar-refractivity contribution is -0.138. The van der Waals surface area contributed by atoms with Crippen LogP contribution in [0.2, 0.25) is 0 Å². The zero-order valence-corrected chi connectivity index (χ0v) is 14.5. The molecule has 5 heteroatoms. The lowest BCUT2D eigenvalue weighted by Crippen LogP contribution is -2.16. The second-order valence-corrected chi connectivity index (χ2v) is 7.30. The summed E-state index contributed by atoms with van der Waals surface area (Å²) in [7, 11) is -1.81. The normalized spacial score (nSPS) is 12.0. The minimum absolute atomic E-state index is 0.341. The SMILES string of the molecule is C=C(C)C(=O)OCCCS(OCC)(OCC)c1ccccc1. The molecule has 1 aromatic rings. The van der Waals surface area contributed by atoms with Crippen molar-refractivity contribution in [1.82, 2.24) is 0 Å². The van der Waals surface area contributed by atoms with Crippen molar-refractivity contribution < 1.29 is 17.9 Å². The highest BCUT2D eigenvalue weighted by Crippen LogP contribution is 2.58. The molecule has 1 rings (SSSR count). The van der Waals surface area contributed by atoms with Gasteiger partial charge in [-0.1, -0.05) is 24.8 Å². The van der Waals surface area contributed by atoms with Crippen LogP contribution < -0.4 is 0 Å². The van der Waals surface area contributed by atoms with E-state index in [-0.39, 0.29) is 5.97 Å². The fourth-order valence-corrected chi connectivity index (χ4v) is 4.59. The van der Waals surface area contributed by atoms with E-state index in [0.717, 1.165) is 4.90 Å². The predicted octanol–water partition coefficient (Wildman–Crippen LogP) is 4.26. The molecule has 0 amide bonds. The average Bonchev–Trinajstić information content (AvgIpc) is 2.52. The lowest BCUT2D eigenvalue weighted by Gasteiger charge is -2.43. The molecular weight excluding hydrogens is 300 g/mol. The molecule has 4 nitrogen and oxygen atoms in total. The molecule has 0 N–H and O–H groups in total. The molecule has 0 radical (unpaired) electrons. The molecule has 0 aliphatic carbocycles. The number of rotatable bonds is 10. The molecule has 0 saturated carbocycles. The summed E-state index contributed by atoms with van der Waals surface area (Å²) < 4.78 is 17.2. The summed E-state index contributed by atoms with van der Waals surface area (Å²) in [6.07, 6.45) is 0.684. The zero-order chi connectivity index (χ0) is 16.4. The van der Waals surface area contributed by atoms with Gasteiger partial charge in [-0.2, -0.15) is 10.6 Å². The number of hydrogen-bond acceptors (Lipinski definition) is 4. The van der Waals surface area contributed by atoms with Gasteiger partial charge in [-0.25, -0.2) is 4.79 Å². The van der Waals surface area contributed by atoms with Gasteiger partial charge in [0.15, 0.2) is 0 Å². The lowest BCUT2D eigenvalue weighted by atomic mass is 10.4. The third-order valence-corrected chi connectivity index (χ3v) is 5.91. The first-order valence-corrected chi connectivity index (χ1v) is 9.18. The first kappa shape index (κ1) is 18.7. The van der Waals surface area contributed by atoms with E-state index in [4.69, 9.17) is 13.1 Å². The van der Waals surface area contributed by atoms with Crippen LogP contribution in [-0.2, 0) is 17.9 Å². The maximum absolute atomic E-state index is 11.4. The van der Waals surface area contributed by atoms with Crippen molar-refractivity contribution in [2.45, 2.75) is 32.1 Å². The van der Waals surface area contributed by atoms with E-state index in [2.05, 4.69) is 6.58 Å². The second-order valence-electron chi connectivity index (χ2n) is 4.71. The summed E-state index contributed by atoms with van der Waals surface area (Å²) in [6.45, 7) is 10.6. The summed E-state index contributed by atoms with van der Waals surface area (Å²) in [5, 5.41) is 0. The molecule has 0 aliphatic rings. The molecule has 0 aromatic heterocycles. The van der Waals surface area contributed by atoms with Gasteiger partial charge in [0, 0.05) is 11.3 Å². The largest absolute Gasteiger partial charge is 0.462 e. The van der Waals surface area contributed by atoms with Crippen LogP contribution in [0.4, 0.5) is 0 Å². The first-order chi connectivity index (χ1) is 10.6. The van der Waals surface area contributed by atoms with E-state index in [1.165, 1.54) is 0 Å². The van der Waals surface area contributed by atoms with Crippen molar-refractivity contribution in [3.63, 3.8) is 0 Å². The molecule has 0 unspecified atom stereocenters. The monoisotopic (exact) mass is 326 g/mol. The Morgan fingerprint density at radius 3 is 2.23 bits per heavy atom. The third-order valence-electron chi connectivity index (χ3n) is 2.86. The van der Waals surface area contributed by atoms with Gasteiger partial charge in [0.05, 0.1) is 24.7 Å². The Morgan fingerprint density at radius 1 is 1.14 bits per heavy atom. The fourth-order valence-electron chi connectivity index (χ4n) is 1.95. The van der Waals surface area contributed by atoms with Gasteiger partial charge in [-0.15, -0.1) is 0 Å². The third kappa shape index (κ3) is 5.48. The number of carbonyl (C=O) groups is 1. The van der Waals surface area contributed by atoms with Crippen molar-refractivity contribution in [1.29, 1.82) is 0 Å². The van der Waals surface area contributed by atoms with Gasteiger partial charge in [0.2, 0.25) is 0 Å². The number of carbonyl (C=O) groups excluding carboxylic acids is 1. The van der Waals surface area contributed by atoms with Crippen molar-refractivity contribution in [3.05, 3.63) is 42.5 Å². The zero-order valence-electron chi connectivity index (χ0n) is 13.7. The first-order valence-electron chi connectivity index (χ1n) is 7.53. The van der Waals surface area contributed by atoms with Gasteiger partial charge in [-0.05, 0) is 39.3 Å². The van der Waals surface area contributed by atoms with Gasteiger partial charge >= 0.3 is 5.97 Å². The van der Waals surface area contributed by atoms with Crippen molar-refractivity contribution in [2.75, 3.05) is 25.6 Å². The van der Waals surface area contributed by atoms with Crippen LogP contribution in [0.3, 0.4) is 0 Å². The maximum atomic E-state index is 11.4. The molecule has 1 aromatic carbocycles. The summed E-state index contributed by atoms with van der Waals surface area (Å²) in [6, 6.07) is 9.99. The molecule has 0 saturated heterocycles. The Kier molecular flexibility index (Phi) is 8.24. The van der Waals surface area contributed by atoms with Crippen LogP contribution >= 0.6 is 10.6 Å². The molecule has 124 valence electrons. The molecule has 22 heavy (non-hydrogen) atoms. The molecular formula is C17H26O4S. The van der Waals surface area contributed by atoms with Gasteiger partial charge in [0.25, 0.3) is 0 Å². The number of hydrogen-bond donors (Lipinski definition) is 0. The van der Waals surface area contributed by atoms with Crippen LogP contribution in [0.15, 0.2) is 47.4 Å². The average molecular weight is 326 g/mol. The number of esters is 1. The van der Waals surface area contributed by atoms with E-state index in [1.54, 1.807) is 6.92 Å². The summed E-state index contributed by atoms with van der Waals surface area (Å²) in [5.74, 6) is 0.343. The van der Waals surface area contributed by atoms with Crippen LogP contribution in [-0.4, -0.2) is 31.5 Å².